The molecule has 1 aliphatic rings. The first-order valence-corrected chi connectivity index (χ1v) is 12.0. The van der Waals surface area contributed by atoms with E-state index in [9.17, 15) is 14.7 Å². The predicted octanol–water partition coefficient (Wildman–Crippen LogP) is 5.00. The molecule has 0 aromatic heterocycles. The van der Waals surface area contributed by atoms with Crippen molar-refractivity contribution in [1.29, 1.82) is 0 Å². The van der Waals surface area contributed by atoms with Gasteiger partial charge in [-0.25, -0.2) is 9.69 Å². The van der Waals surface area contributed by atoms with Crippen molar-refractivity contribution in [2.45, 2.75) is 77.8 Å². The molecule has 6 nitrogen and oxygen atoms in total. The third-order valence-corrected chi connectivity index (χ3v) is 6.14. The highest BCUT2D eigenvalue weighted by molar-refractivity contribution is 5.96. The number of hydrogen-bond acceptors (Lipinski definition) is 5. The van der Waals surface area contributed by atoms with Gasteiger partial charge in [-0.3, -0.25) is 9.69 Å². The lowest BCUT2D eigenvalue weighted by Crippen LogP contribution is -2.48. The quantitative estimate of drug-likeness (QED) is 0.593. The van der Waals surface area contributed by atoms with Crippen molar-refractivity contribution in [1.82, 2.24) is 9.80 Å². The average Bonchev–Trinajstić information content (AvgIpc) is 3.00. The van der Waals surface area contributed by atoms with Gasteiger partial charge in [0.2, 0.25) is 5.91 Å². The number of carbonyl (C=O) groups excluding carboxylic acids is 2. The SMILES string of the molecule is CC(C)(C)OC(=O)N1C(=O)C(C(O)CCN(Cc2ccccc2)Cc2ccccc2)CC1(C)C. The minimum atomic E-state index is -0.840. The topological polar surface area (TPSA) is 70.1 Å². The van der Waals surface area contributed by atoms with Crippen LogP contribution in [-0.2, 0) is 22.6 Å². The highest BCUT2D eigenvalue weighted by Crippen LogP contribution is 2.37. The van der Waals surface area contributed by atoms with Crippen LogP contribution in [0.15, 0.2) is 60.7 Å². The molecule has 1 heterocycles. The lowest BCUT2D eigenvalue weighted by atomic mass is 9.91. The molecule has 0 bridgehead atoms. The number of amides is 2. The van der Waals surface area contributed by atoms with E-state index in [0.29, 0.717) is 19.4 Å². The zero-order chi connectivity index (χ0) is 24.9. The van der Waals surface area contributed by atoms with Gasteiger partial charge in [0.05, 0.1) is 12.0 Å². The van der Waals surface area contributed by atoms with Crippen molar-refractivity contribution in [3.63, 3.8) is 0 Å². The molecule has 2 amide bonds. The van der Waals surface area contributed by atoms with E-state index in [1.807, 2.05) is 50.2 Å². The summed E-state index contributed by atoms with van der Waals surface area (Å²) in [5.74, 6) is -0.984. The van der Waals surface area contributed by atoms with Gasteiger partial charge in [-0.1, -0.05) is 60.7 Å². The van der Waals surface area contributed by atoms with Crippen LogP contribution in [0.2, 0.25) is 0 Å². The molecule has 1 aliphatic heterocycles. The van der Waals surface area contributed by atoms with E-state index in [1.165, 1.54) is 16.0 Å². The second-order valence-electron chi connectivity index (χ2n) is 10.8. The van der Waals surface area contributed by atoms with Gasteiger partial charge in [-0.15, -0.1) is 0 Å². The summed E-state index contributed by atoms with van der Waals surface area (Å²) in [6, 6.07) is 20.5. The molecule has 1 N–H and O–H groups in total. The molecular formula is C28H38N2O4. The van der Waals surface area contributed by atoms with Crippen LogP contribution in [-0.4, -0.2) is 50.7 Å². The van der Waals surface area contributed by atoms with E-state index >= 15 is 0 Å². The second-order valence-corrected chi connectivity index (χ2v) is 10.8. The van der Waals surface area contributed by atoms with E-state index in [2.05, 4.69) is 29.2 Å². The highest BCUT2D eigenvalue weighted by Gasteiger charge is 2.51. The van der Waals surface area contributed by atoms with E-state index in [-0.39, 0.29) is 5.91 Å². The van der Waals surface area contributed by atoms with Crippen LogP contribution < -0.4 is 0 Å². The lowest BCUT2D eigenvalue weighted by Gasteiger charge is -2.31. The summed E-state index contributed by atoms with van der Waals surface area (Å²) in [6.45, 7) is 11.1. The summed E-state index contributed by atoms with van der Waals surface area (Å²) < 4.78 is 5.46. The van der Waals surface area contributed by atoms with Gasteiger partial charge < -0.3 is 9.84 Å². The standard InChI is InChI=1S/C28H38N2O4/c1-27(2,3)34-26(33)30-25(32)23(18-28(30,4)5)24(31)16-17-29(19-21-12-8-6-9-13-21)20-22-14-10-7-11-15-22/h6-15,23-24,31H,16-20H2,1-5H3. The molecule has 6 heteroatoms. The number of ether oxygens (including phenoxy) is 1. The van der Waals surface area contributed by atoms with E-state index in [1.54, 1.807) is 20.8 Å². The zero-order valence-corrected chi connectivity index (χ0v) is 21.0. The molecule has 2 unspecified atom stereocenters. The molecule has 2 atom stereocenters. The molecule has 0 spiro atoms. The number of hydrogen-bond donors (Lipinski definition) is 1. The van der Waals surface area contributed by atoms with Crippen molar-refractivity contribution in [3.8, 4) is 0 Å². The molecule has 184 valence electrons. The fraction of sp³-hybridized carbons (Fsp3) is 0.500. The molecule has 2 aromatic rings. The first-order chi connectivity index (χ1) is 16.0. The summed E-state index contributed by atoms with van der Waals surface area (Å²) in [5.41, 5.74) is 0.988. The Morgan fingerprint density at radius 2 is 1.56 bits per heavy atom. The Labute approximate surface area is 203 Å². The number of likely N-dealkylation sites (tertiary alicyclic amines) is 1. The van der Waals surface area contributed by atoms with Gasteiger partial charge in [0, 0.05) is 25.2 Å². The number of aliphatic hydroxyl groups excluding tert-OH is 1. The Kier molecular flexibility index (Phi) is 8.16. The second kappa shape index (κ2) is 10.7. The number of nitrogens with zero attached hydrogens (tertiary/aromatic N) is 2. The smallest absolute Gasteiger partial charge is 0.417 e. The Morgan fingerprint density at radius 3 is 2.03 bits per heavy atom. The average molecular weight is 467 g/mol. The minimum absolute atomic E-state index is 0.357. The summed E-state index contributed by atoms with van der Waals surface area (Å²) in [4.78, 5) is 29.4. The van der Waals surface area contributed by atoms with Crippen molar-refractivity contribution in [2.75, 3.05) is 6.54 Å². The van der Waals surface area contributed by atoms with Gasteiger partial charge in [0.25, 0.3) is 0 Å². The Morgan fingerprint density at radius 1 is 1.06 bits per heavy atom. The van der Waals surface area contributed by atoms with Crippen LogP contribution in [0.3, 0.4) is 0 Å². The number of aliphatic hydroxyl groups is 1. The van der Waals surface area contributed by atoms with E-state index in [0.717, 1.165) is 13.1 Å². The predicted molar refractivity (Wildman–Crippen MR) is 133 cm³/mol. The largest absolute Gasteiger partial charge is 0.443 e. The molecule has 0 aliphatic carbocycles. The lowest BCUT2D eigenvalue weighted by molar-refractivity contribution is -0.135. The van der Waals surface area contributed by atoms with Crippen LogP contribution in [0.4, 0.5) is 4.79 Å². The first-order valence-electron chi connectivity index (χ1n) is 12.0. The van der Waals surface area contributed by atoms with Gasteiger partial charge >= 0.3 is 6.09 Å². The molecule has 0 radical (unpaired) electrons. The van der Waals surface area contributed by atoms with Crippen molar-refractivity contribution >= 4 is 12.0 Å². The zero-order valence-electron chi connectivity index (χ0n) is 21.0. The summed E-state index contributed by atoms with van der Waals surface area (Å²) in [7, 11) is 0. The van der Waals surface area contributed by atoms with Gasteiger partial charge in [0.1, 0.15) is 5.60 Å². The molecule has 3 rings (SSSR count). The Balaban J connectivity index is 1.67. The molecular weight excluding hydrogens is 428 g/mol. The van der Waals surface area contributed by atoms with Crippen LogP contribution in [0.5, 0.6) is 0 Å². The monoisotopic (exact) mass is 466 g/mol. The van der Waals surface area contributed by atoms with Crippen LogP contribution in [0.25, 0.3) is 0 Å². The molecule has 0 saturated carbocycles. The van der Waals surface area contributed by atoms with Crippen molar-refractivity contribution in [2.24, 2.45) is 5.92 Å². The maximum absolute atomic E-state index is 13.2. The fourth-order valence-corrected chi connectivity index (χ4v) is 4.54. The van der Waals surface area contributed by atoms with Crippen molar-refractivity contribution in [3.05, 3.63) is 71.8 Å². The van der Waals surface area contributed by atoms with Crippen LogP contribution >= 0.6 is 0 Å². The number of carbonyl (C=O) groups is 2. The molecule has 1 saturated heterocycles. The van der Waals surface area contributed by atoms with Gasteiger partial charge in [-0.05, 0) is 58.6 Å². The third kappa shape index (κ3) is 6.90. The number of benzene rings is 2. The number of rotatable bonds is 8. The third-order valence-electron chi connectivity index (χ3n) is 6.14. The highest BCUT2D eigenvalue weighted by atomic mass is 16.6. The van der Waals surface area contributed by atoms with Crippen LogP contribution in [0, 0.1) is 5.92 Å². The Hall–Kier alpha value is -2.70. The van der Waals surface area contributed by atoms with E-state index in [4.69, 9.17) is 4.74 Å². The van der Waals surface area contributed by atoms with Gasteiger partial charge in [-0.2, -0.15) is 0 Å². The van der Waals surface area contributed by atoms with Gasteiger partial charge in [0.15, 0.2) is 0 Å². The normalized spacial score (nSPS) is 18.9. The molecule has 34 heavy (non-hydrogen) atoms. The summed E-state index contributed by atoms with van der Waals surface area (Å²) >= 11 is 0. The molecule has 1 fully saturated rings. The maximum atomic E-state index is 13.2. The maximum Gasteiger partial charge on any atom is 0.417 e. The summed E-state index contributed by atoms with van der Waals surface area (Å²) in [5, 5.41) is 11.0. The summed E-state index contributed by atoms with van der Waals surface area (Å²) in [6.07, 6.45) is -0.641. The first kappa shape index (κ1) is 25.9. The molecule has 2 aromatic carbocycles. The fourth-order valence-electron chi connectivity index (χ4n) is 4.54. The van der Waals surface area contributed by atoms with E-state index < -0.39 is 29.3 Å². The van der Waals surface area contributed by atoms with Crippen molar-refractivity contribution < 1.29 is 19.4 Å². The van der Waals surface area contributed by atoms with Crippen LogP contribution in [0.1, 0.15) is 58.6 Å². The number of imide groups is 1. The Bertz CT molecular complexity index is 912. The minimum Gasteiger partial charge on any atom is -0.443 e.